The minimum atomic E-state index is -1.05. The number of carboxylic acid groups (broad SMARTS) is 1. The zero-order chi connectivity index (χ0) is 12.3. The lowest BCUT2D eigenvalue weighted by atomic mass is 10.1. The molecule has 0 bridgehead atoms. The summed E-state index contributed by atoms with van der Waals surface area (Å²) in [6.45, 7) is 3.51. The Balaban J connectivity index is 2.61. The highest BCUT2D eigenvalue weighted by molar-refractivity contribution is 5.87. The summed E-state index contributed by atoms with van der Waals surface area (Å²) in [5.74, 6) is -1.10. The number of hydrogen-bond donors (Lipinski definition) is 3. The predicted octanol–water partition coefficient (Wildman–Crippen LogP) is 0.331. The molecule has 0 radical (unpaired) electrons. The molecule has 0 aliphatic rings. The van der Waals surface area contributed by atoms with Gasteiger partial charge in [0.2, 0.25) is 5.91 Å². The van der Waals surface area contributed by atoms with Gasteiger partial charge in [-0.2, -0.15) is 0 Å². The summed E-state index contributed by atoms with van der Waals surface area (Å²) in [6, 6.07) is 1.40. The number of furan rings is 1. The van der Waals surface area contributed by atoms with Gasteiger partial charge >= 0.3 is 5.97 Å². The second-order valence-electron chi connectivity index (χ2n) is 3.95. The van der Waals surface area contributed by atoms with Gasteiger partial charge in [-0.25, -0.2) is 4.79 Å². The van der Waals surface area contributed by atoms with E-state index in [0.29, 0.717) is 5.76 Å². The van der Waals surface area contributed by atoms with Crippen LogP contribution < -0.4 is 11.1 Å². The Bertz CT molecular complexity index is 409. The monoisotopic (exact) mass is 226 g/mol. The standard InChI is InChI=1S/C10H14N2O4/c1-10(2,9(11)15)12-4-7-3-6(5-16-7)8(13)14/h3,5,12H,4H2,1-2H3,(H2,11,15)(H,13,14). The van der Waals surface area contributed by atoms with Gasteiger partial charge in [-0.05, 0) is 19.9 Å². The Morgan fingerprint density at radius 3 is 2.62 bits per heavy atom. The molecule has 1 heterocycles. The van der Waals surface area contributed by atoms with Gasteiger partial charge in [-0.1, -0.05) is 0 Å². The normalized spacial score (nSPS) is 11.4. The number of hydrogen-bond acceptors (Lipinski definition) is 4. The largest absolute Gasteiger partial charge is 0.478 e. The van der Waals surface area contributed by atoms with Gasteiger partial charge in [-0.15, -0.1) is 0 Å². The van der Waals surface area contributed by atoms with Crippen molar-refractivity contribution in [1.29, 1.82) is 0 Å². The lowest BCUT2D eigenvalue weighted by Crippen LogP contribution is -2.50. The predicted molar refractivity (Wildman–Crippen MR) is 55.8 cm³/mol. The van der Waals surface area contributed by atoms with Crippen LogP contribution in [0.15, 0.2) is 16.7 Å². The average molecular weight is 226 g/mol. The molecule has 0 aliphatic heterocycles. The molecule has 6 nitrogen and oxygen atoms in total. The van der Waals surface area contributed by atoms with Crippen LogP contribution in [-0.4, -0.2) is 22.5 Å². The van der Waals surface area contributed by atoms with E-state index in [2.05, 4.69) is 5.32 Å². The molecule has 4 N–H and O–H groups in total. The van der Waals surface area contributed by atoms with Crippen molar-refractivity contribution in [3.05, 3.63) is 23.7 Å². The van der Waals surface area contributed by atoms with Gasteiger partial charge in [-0.3, -0.25) is 10.1 Å². The second-order valence-corrected chi connectivity index (χ2v) is 3.95. The zero-order valence-corrected chi connectivity index (χ0v) is 9.11. The van der Waals surface area contributed by atoms with Crippen molar-refractivity contribution >= 4 is 11.9 Å². The maximum Gasteiger partial charge on any atom is 0.338 e. The van der Waals surface area contributed by atoms with E-state index in [-0.39, 0.29) is 12.1 Å². The van der Waals surface area contributed by atoms with Gasteiger partial charge in [0.15, 0.2) is 0 Å². The van der Waals surface area contributed by atoms with Crippen molar-refractivity contribution in [2.24, 2.45) is 5.73 Å². The summed E-state index contributed by atoms with van der Waals surface area (Å²) < 4.78 is 5.01. The molecular formula is C10H14N2O4. The van der Waals surface area contributed by atoms with Crippen molar-refractivity contribution in [3.8, 4) is 0 Å². The number of carbonyl (C=O) groups excluding carboxylic acids is 1. The molecule has 6 heteroatoms. The number of rotatable bonds is 5. The summed E-state index contributed by atoms with van der Waals surface area (Å²) in [4.78, 5) is 21.6. The fourth-order valence-corrected chi connectivity index (χ4v) is 0.981. The Labute approximate surface area is 92.4 Å². The summed E-state index contributed by atoms with van der Waals surface area (Å²) in [6.07, 6.45) is 1.15. The van der Waals surface area contributed by atoms with Crippen molar-refractivity contribution in [3.63, 3.8) is 0 Å². The molecule has 1 aromatic heterocycles. The Kier molecular flexibility index (Phi) is 3.34. The van der Waals surface area contributed by atoms with Crippen LogP contribution in [0.1, 0.15) is 30.0 Å². The zero-order valence-electron chi connectivity index (χ0n) is 9.11. The molecular weight excluding hydrogens is 212 g/mol. The first-order valence-corrected chi connectivity index (χ1v) is 4.68. The topological polar surface area (TPSA) is 106 Å². The Morgan fingerprint density at radius 1 is 1.56 bits per heavy atom. The highest BCUT2D eigenvalue weighted by Gasteiger charge is 2.24. The van der Waals surface area contributed by atoms with Crippen LogP contribution in [0.25, 0.3) is 0 Å². The first-order valence-electron chi connectivity index (χ1n) is 4.68. The maximum atomic E-state index is 11.0. The van der Waals surface area contributed by atoms with Crippen LogP contribution in [0.3, 0.4) is 0 Å². The van der Waals surface area contributed by atoms with Gasteiger partial charge in [0.25, 0.3) is 0 Å². The molecule has 16 heavy (non-hydrogen) atoms. The van der Waals surface area contributed by atoms with Crippen LogP contribution in [-0.2, 0) is 11.3 Å². The van der Waals surface area contributed by atoms with Crippen LogP contribution in [0.5, 0.6) is 0 Å². The third kappa shape index (κ3) is 2.83. The molecule has 1 amide bonds. The van der Waals surface area contributed by atoms with E-state index in [9.17, 15) is 9.59 Å². The van der Waals surface area contributed by atoms with Crippen molar-refractivity contribution in [1.82, 2.24) is 5.32 Å². The number of nitrogens with one attached hydrogen (secondary N) is 1. The minimum Gasteiger partial charge on any atom is -0.478 e. The van der Waals surface area contributed by atoms with Gasteiger partial charge < -0.3 is 15.3 Å². The Morgan fingerprint density at radius 2 is 2.19 bits per heavy atom. The third-order valence-electron chi connectivity index (χ3n) is 2.22. The van der Waals surface area contributed by atoms with Crippen LogP contribution in [0.4, 0.5) is 0 Å². The lowest BCUT2D eigenvalue weighted by molar-refractivity contribution is -0.123. The molecule has 0 saturated carbocycles. The van der Waals surface area contributed by atoms with E-state index >= 15 is 0 Å². The van der Waals surface area contributed by atoms with Gasteiger partial charge in [0.05, 0.1) is 17.6 Å². The van der Waals surface area contributed by atoms with Gasteiger partial charge in [0, 0.05) is 0 Å². The van der Waals surface area contributed by atoms with Crippen molar-refractivity contribution < 1.29 is 19.1 Å². The molecule has 88 valence electrons. The molecule has 0 fully saturated rings. The first-order chi connectivity index (χ1) is 7.33. The summed E-state index contributed by atoms with van der Waals surface area (Å²) in [5.41, 5.74) is 4.37. The highest BCUT2D eigenvalue weighted by atomic mass is 16.4. The van der Waals surface area contributed by atoms with Crippen molar-refractivity contribution in [2.45, 2.75) is 25.9 Å². The van der Waals surface area contributed by atoms with E-state index in [1.807, 2.05) is 0 Å². The fourth-order valence-electron chi connectivity index (χ4n) is 0.981. The van der Waals surface area contributed by atoms with Crippen LogP contribution in [0.2, 0.25) is 0 Å². The fraction of sp³-hybridized carbons (Fsp3) is 0.400. The number of carboxylic acids is 1. The first kappa shape index (κ1) is 12.3. The SMILES string of the molecule is CC(C)(NCc1cc(C(=O)O)co1)C(N)=O. The van der Waals surface area contributed by atoms with E-state index < -0.39 is 17.4 Å². The number of nitrogens with two attached hydrogens (primary N) is 1. The second kappa shape index (κ2) is 4.36. The van der Waals surface area contributed by atoms with E-state index in [1.165, 1.54) is 6.07 Å². The molecule has 0 atom stereocenters. The molecule has 0 saturated heterocycles. The molecule has 0 aliphatic carbocycles. The molecule has 1 rings (SSSR count). The quantitative estimate of drug-likeness (QED) is 0.671. The molecule has 1 aromatic rings. The molecule has 0 aromatic carbocycles. The Hall–Kier alpha value is -1.82. The summed E-state index contributed by atoms with van der Waals surface area (Å²) in [7, 11) is 0. The highest BCUT2D eigenvalue weighted by Crippen LogP contribution is 2.09. The van der Waals surface area contributed by atoms with E-state index in [0.717, 1.165) is 6.26 Å². The molecule has 0 spiro atoms. The summed E-state index contributed by atoms with van der Waals surface area (Å²) in [5, 5.41) is 11.5. The molecule has 0 unspecified atom stereocenters. The number of amides is 1. The maximum absolute atomic E-state index is 11.0. The van der Waals surface area contributed by atoms with Crippen molar-refractivity contribution in [2.75, 3.05) is 0 Å². The van der Waals surface area contributed by atoms with Crippen LogP contribution >= 0.6 is 0 Å². The average Bonchev–Trinajstić information content (AvgIpc) is 2.63. The van der Waals surface area contributed by atoms with Gasteiger partial charge in [0.1, 0.15) is 12.0 Å². The van der Waals surface area contributed by atoms with E-state index in [4.69, 9.17) is 15.3 Å². The summed E-state index contributed by atoms with van der Waals surface area (Å²) >= 11 is 0. The number of primary amides is 1. The lowest BCUT2D eigenvalue weighted by Gasteiger charge is -2.21. The number of aromatic carboxylic acids is 1. The smallest absolute Gasteiger partial charge is 0.338 e. The minimum absolute atomic E-state index is 0.0775. The third-order valence-corrected chi connectivity index (χ3v) is 2.22. The number of carbonyl (C=O) groups is 2. The van der Waals surface area contributed by atoms with E-state index in [1.54, 1.807) is 13.8 Å². The van der Waals surface area contributed by atoms with Crippen LogP contribution in [0, 0.1) is 0 Å².